The van der Waals surface area contributed by atoms with Gasteiger partial charge >= 0.3 is 0 Å². The maximum Gasteiger partial charge on any atom is 0.235 e. The highest BCUT2D eigenvalue weighted by Crippen LogP contribution is 2.33. The molecule has 156 valence electrons. The van der Waals surface area contributed by atoms with Crippen LogP contribution in [0.3, 0.4) is 0 Å². The number of hydrogen-bond donors (Lipinski definition) is 0. The van der Waals surface area contributed by atoms with Crippen molar-refractivity contribution in [3.63, 3.8) is 0 Å². The van der Waals surface area contributed by atoms with Crippen LogP contribution in [-0.2, 0) is 6.42 Å². The molecule has 0 spiro atoms. The first-order valence-corrected chi connectivity index (χ1v) is 11.5. The molecule has 0 radical (unpaired) electrons. The first-order chi connectivity index (χ1) is 15.3. The summed E-state index contributed by atoms with van der Waals surface area (Å²) in [7, 11) is 0. The Balaban J connectivity index is 1.19. The Labute approximate surface area is 184 Å². The van der Waals surface area contributed by atoms with Gasteiger partial charge in [0, 0.05) is 30.5 Å². The van der Waals surface area contributed by atoms with E-state index in [0.29, 0.717) is 11.7 Å². The van der Waals surface area contributed by atoms with Crippen molar-refractivity contribution in [3.05, 3.63) is 70.7 Å². The fraction of sp³-hybridized carbons (Fsp3) is 0.292. The van der Waals surface area contributed by atoms with E-state index in [4.69, 9.17) is 9.52 Å². The average molecular weight is 430 g/mol. The minimum atomic E-state index is 0.640. The Morgan fingerprint density at radius 3 is 2.77 bits per heavy atom. The molecule has 6 rings (SSSR count). The van der Waals surface area contributed by atoms with Gasteiger partial charge in [-0.25, -0.2) is 0 Å². The van der Waals surface area contributed by atoms with Gasteiger partial charge < -0.3 is 9.32 Å². The summed E-state index contributed by atoms with van der Waals surface area (Å²) in [4.78, 5) is 3.36. The highest BCUT2D eigenvalue weighted by Gasteiger charge is 2.24. The fourth-order valence-electron chi connectivity index (χ4n) is 4.57. The van der Waals surface area contributed by atoms with Gasteiger partial charge in [-0.1, -0.05) is 59.9 Å². The van der Waals surface area contributed by atoms with Crippen LogP contribution in [0.2, 0.25) is 0 Å². The Morgan fingerprint density at radius 1 is 1.06 bits per heavy atom. The fourth-order valence-corrected chi connectivity index (χ4v) is 5.40. The van der Waals surface area contributed by atoms with Gasteiger partial charge in [0.2, 0.25) is 10.8 Å². The van der Waals surface area contributed by atoms with Crippen LogP contribution in [0.25, 0.3) is 27.5 Å². The quantitative estimate of drug-likeness (QED) is 0.396. The van der Waals surface area contributed by atoms with Crippen molar-refractivity contribution in [3.8, 4) is 11.6 Å². The Bertz CT molecular complexity index is 1350. The molecule has 31 heavy (non-hydrogen) atoms. The molecule has 1 aliphatic rings. The number of benzene rings is 2. The van der Waals surface area contributed by atoms with E-state index in [1.807, 2.05) is 22.7 Å². The van der Waals surface area contributed by atoms with E-state index in [1.54, 1.807) is 11.3 Å². The lowest BCUT2D eigenvalue weighted by molar-refractivity contribution is 0.338. The summed E-state index contributed by atoms with van der Waals surface area (Å²) < 4.78 is 7.92. The molecular formula is C24H23N5OS. The number of fused-ring (bicyclic) bond motifs is 2. The molecule has 2 aromatic carbocycles. The summed E-state index contributed by atoms with van der Waals surface area (Å²) in [5.41, 5.74) is 3.39. The second-order valence-corrected chi connectivity index (χ2v) is 9.25. The van der Waals surface area contributed by atoms with E-state index in [-0.39, 0.29) is 0 Å². The van der Waals surface area contributed by atoms with E-state index in [2.05, 4.69) is 58.4 Å². The van der Waals surface area contributed by atoms with Gasteiger partial charge in [0.15, 0.2) is 5.76 Å². The number of nitrogens with zero attached hydrogens (tertiary/aromatic N) is 5. The van der Waals surface area contributed by atoms with Crippen molar-refractivity contribution in [1.82, 2.24) is 24.7 Å². The molecule has 3 aromatic heterocycles. The highest BCUT2D eigenvalue weighted by atomic mass is 32.1. The lowest BCUT2D eigenvalue weighted by Gasteiger charge is -2.15. The normalized spacial score (nSPS) is 17.3. The monoisotopic (exact) mass is 429 g/mol. The second-order valence-electron chi connectivity index (χ2n) is 8.21. The van der Waals surface area contributed by atoms with Crippen molar-refractivity contribution in [2.45, 2.75) is 25.7 Å². The molecule has 0 aliphatic carbocycles. The van der Waals surface area contributed by atoms with E-state index in [9.17, 15) is 0 Å². The lowest BCUT2D eigenvalue weighted by Crippen LogP contribution is -2.23. The van der Waals surface area contributed by atoms with E-state index >= 15 is 0 Å². The van der Waals surface area contributed by atoms with Crippen LogP contribution in [0.4, 0.5) is 0 Å². The third kappa shape index (κ3) is 3.34. The van der Waals surface area contributed by atoms with Crippen LogP contribution < -0.4 is 0 Å². The van der Waals surface area contributed by atoms with Crippen LogP contribution in [-0.4, -0.2) is 44.3 Å². The van der Waals surface area contributed by atoms with Crippen molar-refractivity contribution in [2.24, 2.45) is 0 Å². The molecule has 0 amide bonds. The van der Waals surface area contributed by atoms with Crippen molar-refractivity contribution in [2.75, 3.05) is 19.6 Å². The van der Waals surface area contributed by atoms with Gasteiger partial charge in [-0.2, -0.15) is 9.61 Å². The molecule has 1 saturated heterocycles. The van der Waals surface area contributed by atoms with Gasteiger partial charge in [-0.3, -0.25) is 0 Å². The zero-order valence-corrected chi connectivity index (χ0v) is 18.2. The van der Waals surface area contributed by atoms with Gasteiger partial charge in [-0.15, -0.1) is 10.2 Å². The summed E-state index contributed by atoms with van der Waals surface area (Å²) in [5.74, 6) is 2.06. The van der Waals surface area contributed by atoms with Crippen LogP contribution >= 0.6 is 11.3 Å². The van der Waals surface area contributed by atoms with Crippen molar-refractivity contribution >= 4 is 27.3 Å². The number of rotatable bonds is 5. The maximum absolute atomic E-state index is 6.09. The van der Waals surface area contributed by atoms with Crippen LogP contribution in [0.1, 0.15) is 28.5 Å². The molecule has 0 bridgehead atoms. The molecular weight excluding hydrogens is 406 g/mol. The number of aryl methyl sites for hydroxylation is 1. The second kappa shape index (κ2) is 7.59. The number of hydrogen-bond acceptors (Lipinski definition) is 6. The third-order valence-electron chi connectivity index (χ3n) is 6.26. The first kappa shape index (κ1) is 18.7. The summed E-state index contributed by atoms with van der Waals surface area (Å²) in [6, 6.07) is 18.9. The molecule has 1 aliphatic heterocycles. The zero-order valence-electron chi connectivity index (χ0n) is 17.4. The average Bonchev–Trinajstić information content (AvgIpc) is 3.57. The van der Waals surface area contributed by atoms with Gasteiger partial charge in [0.1, 0.15) is 10.6 Å². The van der Waals surface area contributed by atoms with E-state index in [0.717, 1.165) is 58.3 Å². The van der Waals surface area contributed by atoms with Crippen LogP contribution in [0, 0.1) is 6.92 Å². The molecule has 0 N–H and O–H groups in total. The zero-order chi connectivity index (χ0) is 20.8. The summed E-state index contributed by atoms with van der Waals surface area (Å²) >= 11 is 1.62. The first-order valence-electron chi connectivity index (χ1n) is 10.7. The molecule has 1 atom stereocenters. The van der Waals surface area contributed by atoms with Crippen LogP contribution in [0.15, 0.2) is 59.0 Å². The SMILES string of the molecule is Cc1c(-c2nnc3sc(CCN4CC[C@H](c5ccccc5)C4)nn23)oc2ccccc12. The number of aromatic nitrogens is 4. The molecule has 0 saturated carbocycles. The smallest absolute Gasteiger partial charge is 0.235 e. The van der Waals surface area contributed by atoms with Gasteiger partial charge in [0.05, 0.1) is 0 Å². The maximum atomic E-state index is 6.09. The summed E-state index contributed by atoms with van der Waals surface area (Å²) in [6.07, 6.45) is 2.15. The lowest BCUT2D eigenvalue weighted by atomic mass is 9.99. The summed E-state index contributed by atoms with van der Waals surface area (Å²) in [6.45, 7) is 5.35. The van der Waals surface area contributed by atoms with Crippen molar-refractivity contribution in [1.29, 1.82) is 0 Å². The largest absolute Gasteiger partial charge is 0.452 e. The highest BCUT2D eigenvalue weighted by molar-refractivity contribution is 7.16. The minimum absolute atomic E-state index is 0.640. The standard InChI is InChI=1S/C24H23N5OS/c1-16-19-9-5-6-10-20(19)30-22(16)23-25-26-24-29(23)27-21(31-24)12-14-28-13-11-18(15-28)17-7-3-2-4-8-17/h2-10,18H,11-15H2,1H3/t18-/m0/s1. The number of para-hydroxylation sites is 1. The van der Waals surface area contributed by atoms with E-state index in [1.165, 1.54) is 12.0 Å². The topological polar surface area (TPSA) is 59.5 Å². The Kier molecular flexibility index (Phi) is 4.58. The predicted octanol–water partition coefficient (Wildman–Crippen LogP) is 4.94. The predicted molar refractivity (Wildman–Crippen MR) is 123 cm³/mol. The Hall–Kier alpha value is -3.03. The van der Waals surface area contributed by atoms with E-state index < -0.39 is 0 Å². The summed E-state index contributed by atoms with van der Waals surface area (Å²) in [5, 5.41) is 15.7. The molecule has 0 unspecified atom stereocenters. The van der Waals surface area contributed by atoms with Gasteiger partial charge in [-0.05, 0) is 37.4 Å². The minimum Gasteiger partial charge on any atom is -0.452 e. The van der Waals surface area contributed by atoms with Crippen LogP contribution in [0.5, 0.6) is 0 Å². The molecule has 4 heterocycles. The van der Waals surface area contributed by atoms with Gasteiger partial charge in [0.25, 0.3) is 0 Å². The number of furan rings is 1. The molecule has 6 nitrogen and oxygen atoms in total. The number of likely N-dealkylation sites (tertiary alicyclic amines) is 1. The third-order valence-corrected chi connectivity index (χ3v) is 7.22. The Morgan fingerprint density at radius 2 is 1.90 bits per heavy atom. The molecule has 5 aromatic rings. The van der Waals surface area contributed by atoms with Crippen molar-refractivity contribution < 1.29 is 4.42 Å². The molecule has 7 heteroatoms. The molecule has 1 fully saturated rings.